The van der Waals surface area contributed by atoms with Gasteiger partial charge in [0.2, 0.25) is 0 Å². The van der Waals surface area contributed by atoms with Crippen LogP contribution in [0.2, 0.25) is 0 Å². The van der Waals surface area contributed by atoms with E-state index in [1.165, 1.54) is 15.4 Å². The number of anilines is 1. The third kappa shape index (κ3) is 4.32. The van der Waals surface area contributed by atoms with Crippen LogP contribution in [0.1, 0.15) is 20.3 Å². The van der Waals surface area contributed by atoms with Crippen molar-refractivity contribution in [1.82, 2.24) is 24.7 Å². The zero-order valence-electron chi connectivity index (χ0n) is 15.0. The van der Waals surface area contributed by atoms with Crippen LogP contribution in [0.15, 0.2) is 27.5 Å². The first-order valence-corrected chi connectivity index (χ1v) is 9.71. The summed E-state index contributed by atoms with van der Waals surface area (Å²) in [7, 11) is 0. The van der Waals surface area contributed by atoms with Crippen LogP contribution in [0.3, 0.4) is 0 Å². The zero-order chi connectivity index (χ0) is 18.7. The third-order valence-corrected chi connectivity index (χ3v) is 5.38. The van der Waals surface area contributed by atoms with Crippen LogP contribution < -0.4 is 11.0 Å². The molecule has 0 bridgehead atoms. The van der Waals surface area contributed by atoms with Crippen LogP contribution in [0.25, 0.3) is 0 Å². The van der Waals surface area contributed by atoms with E-state index in [1.807, 2.05) is 13.0 Å². The van der Waals surface area contributed by atoms with Crippen molar-refractivity contribution in [1.29, 1.82) is 0 Å². The predicted molar refractivity (Wildman–Crippen MR) is 102 cm³/mol. The fourth-order valence-corrected chi connectivity index (χ4v) is 3.67. The average Bonchev–Trinajstić information content (AvgIpc) is 2.97. The second-order valence-corrected chi connectivity index (χ2v) is 7.66. The molecule has 0 aliphatic carbocycles. The maximum absolute atomic E-state index is 14.0. The SMILES string of the molecule is CCn1nnn(CCN2CC[C@H](Nc3ccc(Br)cc3F)[C@H](C)C2)c1=O. The number of hydrogen-bond donors (Lipinski definition) is 1. The molecule has 2 aromatic rings. The fraction of sp³-hybridized carbons (Fsp3) is 0.588. The number of benzene rings is 1. The molecule has 1 fully saturated rings. The van der Waals surface area contributed by atoms with E-state index in [0.29, 0.717) is 24.7 Å². The molecular weight excluding hydrogens is 403 g/mol. The van der Waals surface area contributed by atoms with E-state index in [4.69, 9.17) is 0 Å². The molecule has 142 valence electrons. The van der Waals surface area contributed by atoms with Crippen LogP contribution in [0, 0.1) is 11.7 Å². The van der Waals surface area contributed by atoms with Gasteiger partial charge < -0.3 is 10.2 Å². The Kier molecular flexibility index (Phi) is 6.08. The van der Waals surface area contributed by atoms with Gasteiger partial charge in [0, 0.05) is 36.7 Å². The highest BCUT2D eigenvalue weighted by atomic mass is 79.9. The molecule has 0 saturated carbocycles. The van der Waals surface area contributed by atoms with Crippen LogP contribution in [-0.2, 0) is 13.1 Å². The lowest BCUT2D eigenvalue weighted by molar-refractivity contribution is 0.164. The summed E-state index contributed by atoms with van der Waals surface area (Å²) in [4.78, 5) is 14.3. The Morgan fingerprint density at radius 3 is 2.73 bits per heavy atom. The van der Waals surface area contributed by atoms with Crippen molar-refractivity contribution in [2.24, 2.45) is 5.92 Å². The number of aryl methyl sites for hydroxylation is 1. The number of aromatic nitrogens is 4. The Morgan fingerprint density at radius 1 is 1.31 bits per heavy atom. The molecule has 26 heavy (non-hydrogen) atoms. The van der Waals surface area contributed by atoms with Crippen LogP contribution in [-0.4, -0.2) is 50.4 Å². The molecule has 1 aliphatic heterocycles. The molecular formula is C17H24BrFN6O. The molecule has 1 aromatic carbocycles. The number of rotatable bonds is 6. The number of halogens is 2. The number of hydrogen-bond acceptors (Lipinski definition) is 5. The number of tetrazole rings is 1. The van der Waals surface area contributed by atoms with Gasteiger partial charge in [-0.25, -0.2) is 9.18 Å². The number of piperidine rings is 1. The minimum Gasteiger partial charge on any atom is -0.380 e. The lowest BCUT2D eigenvalue weighted by Crippen LogP contribution is -2.46. The molecule has 0 spiro atoms. The van der Waals surface area contributed by atoms with Crippen molar-refractivity contribution in [3.8, 4) is 0 Å². The maximum Gasteiger partial charge on any atom is 0.363 e. The molecule has 2 atom stereocenters. The van der Waals surface area contributed by atoms with Gasteiger partial charge in [0.05, 0.1) is 12.2 Å². The first-order valence-electron chi connectivity index (χ1n) is 8.92. The first-order chi connectivity index (χ1) is 12.5. The van der Waals surface area contributed by atoms with Gasteiger partial charge in [-0.2, -0.15) is 9.36 Å². The largest absolute Gasteiger partial charge is 0.380 e. The molecule has 7 nitrogen and oxygen atoms in total. The second kappa shape index (κ2) is 8.30. The van der Waals surface area contributed by atoms with Gasteiger partial charge in [0.25, 0.3) is 0 Å². The van der Waals surface area contributed by atoms with E-state index < -0.39 is 0 Å². The van der Waals surface area contributed by atoms with E-state index >= 15 is 0 Å². The summed E-state index contributed by atoms with van der Waals surface area (Å²) < 4.78 is 17.5. The van der Waals surface area contributed by atoms with Gasteiger partial charge >= 0.3 is 5.69 Å². The summed E-state index contributed by atoms with van der Waals surface area (Å²) >= 11 is 3.28. The predicted octanol–water partition coefficient (Wildman–Crippen LogP) is 2.18. The second-order valence-electron chi connectivity index (χ2n) is 6.74. The van der Waals surface area contributed by atoms with Crippen LogP contribution in [0.4, 0.5) is 10.1 Å². The Balaban J connectivity index is 1.53. The quantitative estimate of drug-likeness (QED) is 0.766. The number of nitrogens with zero attached hydrogens (tertiary/aromatic N) is 5. The van der Waals surface area contributed by atoms with Gasteiger partial charge in [-0.05, 0) is 47.9 Å². The Bertz CT molecular complexity index is 807. The molecule has 0 amide bonds. The molecule has 9 heteroatoms. The van der Waals surface area contributed by atoms with Gasteiger partial charge in [-0.15, -0.1) is 0 Å². The van der Waals surface area contributed by atoms with Crippen molar-refractivity contribution in [3.05, 3.63) is 39.0 Å². The van der Waals surface area contributed by atoms with E-state index in [1.54, 1.807) is 6.07 Å². The molecule has 2 heterocycles. The summed E-state index contributed by atoms with van der Waals surface area (Å²) in [6.07, 6.45) is 0.924. The van der Waals surface area contributed by atoms with E-state index in [0.717, 1.165) is 30.5 Å². The third-order valence-electron chi connectivity index (χ3n) is 4.89. The van der Waals surface area contributed by atoms with E-state index in [9.17, 15) is 9.18 Å². The highest BCUT2D eigenvalue weighted by Crippen LogP contribution is 2.25. The van der Waals surface area contributed by atoms with Crippen LogP contribution >= 0.6 is 15.9 Å². The highest BCUT2D eigenvalue weighted by molar-refractivity contribution is 9.10. The average molecular weight is 427 g/mol. The lowest BCUT2D eigenvalue weighted by Gasteiger charge is -2.37. The van der Waals surface area contributed by atoms with Gasteiger partial charge in [0.1, 0.15) is 5.82 Å². The summed E-state index contributed by atoms with van der Waals surface area (Å²) in [5.41, 5.74) is 0.379. The highest BCUT2D eigenvalue weighted by Gasteiger charge is 2.26. The molecule has 1 aliphatic rings. The maximum atomic E-state index is 14.0. The molecule has 3 rings (SSSR count). The van der Waals surface area contributed by atoms with Crippen LogP contribution in [0.5, 0.6) is 0 Å². The van der Waals surface area contributed by atoms with Crippen molar-refractivity contribution in [3.63, 3.8) is 0 Å². The Morgan fingerprint density at radius 2 is 2.08 bits per heavy atom. The Labute approximate surface area is 160 Å². The zero-order valence-corrected chi connectivity index (χ0v) is 16.6. The van der Waals surface area contributed by atoms with Gasteiger partial charge in [-0.3, -0.25) is 0 Å². The smallest absolute Gasteiger partial charge is 0.363 e. The minimum atomic E-state index is -0.243. The van der Waals surface area contributed by atoms with Crippen molar-refractivity contribution in [2.75, 3.05) is 25.0 Å². The monoisotopic (exact) mass is 426 g/mol. The molecule has 1 aromatic heterocycles. The summed E-state index contributed by atoms with van der Waals surface area (Å²) in [5.74, 6) is 0.127. The minimum absolute atomic E-state index is 0.164. The summed E-state index contributed by atoms with van der Waals surface area (Å²) in [6, 6.07) is 5.31. The Hall–Kier alpha value is -1.74. The summed E-state index contributed by atoms with van der Waals surface area (Å²) in [5, 5.41) is 11.1. The standard InChI is InChI=1S/C17H24BrFN6O/c1-3-24-17(26)25(22-21-24)9-8-23-7-6-15(12(2)11-23)20-16-5-4-13(18)10-14(16)19/h4-5,10,12,15,20H,3,6-9,11H2,1-2H3/t12-,15+/m1/s1. The number of nitrogens with one attached hydrogen (secondary N) is 1. The fourth-order valence-electron chi connectivity index (χ4n) is 3.34. The summed E-state index contributed by atoms with van der Waals surface area (Å²) in [6.45, 7) is 7.65. The topological polar surface area (TPSA) is 68.0 Å². The first kappa shape index (κ1) is 19.0. The van der Waals surface area contributed by atoms with Gasteiger partial charge in [-0.1, -0.05) is 22.9 Å². The van der Waals surface area contributed by atoms with E-state index in [-0.39, 0.29) is 17.5 Å². The van der Waals surface area contributed by atoms with E-state index in [2.05, 4.69) is 43.5 Å². The van der Waals surface area contributed by atoms with Crippen molar-refractivity contribution in [2.45, 2.75) is 39.4 Å². The normalized spacial score (nSPS) is 21.1. The van der Waals surface area contributed by atoms with Crippen molar-refractivity contribution >= 4 is 21.6 Å². The molecule has 1 N–H and O–H groups in total. The van der Waals surface area contributed by atoms with Gasteiger partial charge in [0.15, 0.2) is 0 Å². The lowest BCUT2D eigenvalue weighted by atomic mass is 9.93. The number of likely N-dealkylation sites (tertiary alicyclic amines) is 1. The molecule has 0 radical (unpaired) electrons. The van der Waals surface area contributed by atoms with Crippen molar-refractivity contribution < 1.29 is 4.39 Å². The molecule has 1 saturated heterocycles. The molecule has 0 unspecified atom stereocenters.